The molecule has 0 amide bonds. The molecule has 0 aromatic carbocycles. The maximum atomic E-state index is 4.95. The van der Waals surface area contributed by atoms with Crippen LogP contribution in [0.2, 0.25) is 0 Å². The molecule has 0 radical (unpaired) electrons. The Morgan fingerprint density at radius 2 is 2.50 bits per heavy atom. The van der Waals surface area contributed by atoms with Crippen molar-refractivity contribution in [3.63, 3.8) is 0 Å². The lowest BCUT2D eigenvalue weighted by Crippen LogP contribution is -1.72. The molecule has 0 saturated carbocycles. The molecule has 10 heavy (non-hydrogen) atoms. The minimum Gasteiger partial charge on any atom is -0.359 e. The van der Waals surface area contributed by atoms with E-state index in [1.165, 1.54) is 11.0 Å². The third kappa shape index (κ3) is 0.500. The number of aromatic nitrogens is 2. The summed E-state index contributed by atoms with van der Waals surface area (Å²) in [5.41, 5.74) is 0.752. The Bertz CT molecular complexity index is 360. The quantitative estimate of drug-likeness (QED) is 0.552. The van der Waals surface area contributed by atoms with Gasteiger partial charge in [-0.15, -0.1) is 4.57 Å². The van der Waals surface area contributed by atoms with Crippen LogP contribution < -0.4 is 0 Å². The van der Waals surface area contributed by atoms with Crippen LogP contribution in [-0.4, -0.2) is 16.3 Å². The van der Waals surface area contributed by atoms with E-state index in [1.54, 1.807) is 6.07 Å². The highest BCUT2D eigenvalue weighted by Gasteiger charge is 2.00. The fourth-order valence-corrected chi connectivity index (χ4v) is 0.847. The number of nitrogens with zero attached hydrogens (tertiary/aromatic N) is 3. The zero-order chi connectivity index (χ0) is 6.97. The Hall–Kier alpha value is -1.58. The SMILES string of the molecule is C=Nc1ccc2ncon12. The normalized spacial score (nSPS) is 10.4. The molecule has 2 heterocycles. The summed E-state index contributed by atoms with van der Waals surface area (Å²) in [7, 11) is 0. The van der Waals surface area contributed by atoms with Gasteiger partial charge >= 0.3 is 0 Å². The molecule has 50 valence electrons. The Balaban J connectivity index is 2.88. The van der Waals surface area contributed by atoms with Gasteiger partial charge < -0.3 is 4.52 Å². The van der Waals surface area contributed by atoms with Crippen molar-refractivity contribution in [2.75, 3.05) is 0 Å². The summed E-state index contributed by atoms with van der Waals surface area (Å²) in [6, 6.07) is 3.60. The van der Waals surface area contributed by atoms with E-state index in [9.17, 15) is 0 Å². The van der Waals surface area contributed by atoms with Gasteiger partial charge in [0.1, 0.15) is 0 Å². The van der Waals surface area contributed by atoms with E-state index < -0.39 is 0 Å². The van der Waals surface area contributed by atoms with E-state index in [1.807, 2.05) is 6.07 Å². The summed E-state index contributed by atoms with van der Waals surface area (Å²) < 4.78 is 6.46. The van der Waals surface area contributed by atoms with Gasteiger partial charge in [0.05, 0.1) is 0 Å². The van der Waals surface area contributed by atoms with Crippen LogP contribution in [0.1, 0.15) is 0 Å². The largest absolute Gasteiger partial charge is 0.359 e. The molecule has 0 unspecified atom stereocenters. The van der Waals surface area contributed by atoms with E-state index in [0.29, 0.717) is 5.82 Å². The third-order valence-corrected chi connectivity index (χ3v) is 1.30. The van der Waals surface area contributed by atoms with Crippen LogP contribution >= 0.6 is 0 Å². The average molecular weight is 135 g/mol. The molecule has 0 atom stereocenters. The lowest BCUT2D eigenvalue weighted by atomic mass is 10.6. The first kappa shape index (κ1) is 5.22. The zero-order valence-corrected chi connectivity index (χ0v) is 5.19. The van der Waals surface area contributed by atoms with E-state index in [0.717, 1.165) is 5.65 Å². The van der Waals surface area contributed by atoms with Crippen molar-refractivity contribution in [2.24, 2.45) is 4.99 Å². The number of fused-ring (bicyclic) bond motifs is 1. The molecule has 4 nitrogen and oxygen atoms in total. The lowest BCUT2D eigenvalue weighted by molar-refractivity contribution is 0.378. The first-order valence-electron chi connectivity index (χ1n) is 2.80. The first-order valence-corrected chi connectivity index (χ1v) is 2.80. The second-order valence-corrected chi connectivity index (χ2v) is 1.84. The van der Waals surface area contributed by atoms with Gasteiger partial charge in [-0.1, -0.05) is 0 Å². The summed E-state index contributed by atoms with van der Waals surface area (Å²) in [4.78, 5) is 7.61. The molecule has 0 spiro atoms. The molecule has 0 saturated heterocycles. The monoisotopic (exact) mass is 135 g/mol. The molecule has 0 aliphatic heterocycles. The molecule has 0 N–H and O–H groups in total. The van der Waals surface area contributed by atoms with E-state index in [-0.39, 0.29) is 0 Å². The van der Waals surface area contributed by atoms with Crippen LogP contribution in [0.4, 0.5) is 5.82 Å². The summed E-state index contributed by atoms with van der Waals surface area (Å²) >= 11 is 0. The fourth-order valence-electron chi connectivity index (χ4n) is 0.847. The van der Waals surface area contributed by atoms with Gasteiger partial charge in [0, 0.05) is 0 Å². The summed E-state index contributed by atoms with van der Waals surface area (Å²) in [6.45, 7) is 3.37. The van der Waals surface area contributed by atoms with Crippen molar-refractivity contribution in [3.05, 3.63) is 18.5 Å². The fraction of sp³-hybridized carbons (Fsp3) is 0. The van der Waals surface area contributed by atoms with Crippen molar-refractivity contribution < 1.29 is 4.52 Å². The predicted molar refractivity (Wildman–Crippen MR) is 36.7 cm³/mol. The molecular formula is C6H5N3O. The summed E-state index contributed by atoms with van der Waals surface area (Å²) in [5, 5.41) is 0. The van der Waals surface area contributed by atoms with Gasteiger partial charge in [0.15, 0.2) is 11.5 Å². The van der Waals surface area contributed by atoms with Crippen molar-refractivity contribution in [1.29, 1.82) is 0 Å². The first-order chi connectivity index (χ1) is 4.92. The standard InChI is InChI=1S/C6H5N3O/c1-7-5-2-3-6-8-4-10-9(5)6/h2-4H,1H2. The second kappa shape index (κ2) is 1.70. The topological polar surface area (TPSA) is 42.8 Å². The van der Waals surface area contributed by atoms with Gasteiger partial charge in [0.25, 0.3) is 0 Å². The predicted octanol–water partition coefficient (Wildman–Crippen LogP) is 1.26. The van der Waals surface area contributed by atoms with Crippen LogP contribution in [0.3, 0.4) is 0 Å². The smallest absolute Gasteiger partial charge is 0.211 e. The highest BCUT2D eigenvalue weighted by Crippen LogP contribution is 2.14. The van der Waals surface area contributed by atoms with Gasteiger partial charge in [-0.3, -0.25) is 0 Å². The minimum atomic E-state index is 0.674. The lowest BCUT2D eigenvalue weighted by Gasteiger charge is -1.83. The van der Waals surface area contributed by atoms with E-state index in [2.05, 4.69) is 16.7 Å². The molecule has 2 aromatic heterocycles. The third-order valence-electron chi connectivity index (χ3n) is 1.30. The zero-order valence-electron chi connectivity index (χ0n) is 5.19. The minimum absolute atomic E-state index is 0.674. The Morgan fingerprint density at radius 3 is 3.30 bits per heavy atom. The average Bonchev–Trinajstić information content (AvgIpc) is 2.44. The number of hydrogen-bond acceptors (Lipinski definition) is 3. The van der Waals surface area contributed by atoms with Crippen LogP contribution in [-0.2, 0) is 0 Å². The van der Waals surface area contributed by atoms with Crippen molar-refractivity contribution in [1.82, 2.24) is 9.56 Å². The van der Waals surface area contributed by atoms with Crippen LogP contribution in [0.5, 0.6) is 0 Å². The van der Waals surface area contributed by atoms with Gasteiger partial charge in [0.2, 0.25) is 6.39 Å². The maximum Gasteiger partial charge on any atom is 0.211 e. The van der Waals surface area contributed by atoms with Crippen LogP contribution in [0, 0.1) is 0 Å². The Kier molecular flexibility index (Phi) is 0.887. The number of aliphatic imine (C=N–C) groups is 1. The van der Waals surface area contributed by atoms with E-state index >= 15 is 0 Å². The van der Waals surface area contributed by atoms with Crippen molar-refractivity contribution in [2.45, 2.75) is 0 Å². The Morgan fingerprint density at radius 1 is 1.60 bits per heavy atom. The summed E-state index contributed by atoms with van der Waals surface area (Å²) in [6.07, 6.45) is 1.37. The van der Waals surface area contributed by atoms with Crippen molar-refractivity contribution in [3.8, 4) is 0 Å². The highest BCUT2D eigenvalue weighted by molar-refractivity contribution is 5.50. The van der Waals surface area contributed by atoms with Crippen LogP contribution in [0.15, 0.2) is 28.0 Å². The second-order valence-electron chi connectivity index (χ2n) is 1.84. The van der Waals surface area contributed by atoms with E-state index in [4.69, 9.17) is 4.52 Å². The number of hydrogen-bond donors (Lipinski definition) is 0. The Labute approximate surface area is 56.8 Å². The molecule has 0 fully saturated rings. The van der Waals surface area contributed by atoms with Gasteiger partial charge in [-0.25, -0.2) is 4.99 Å². The maximum absolute atomic E-state index is 4.95. The molecule has 2 rings (SSSR count). The van der Waals surface area contributed by atoms with Crippen LogP contribution in [0.25, 0.3) is 5.65 Å². The highest BCUT2D eigenvalue weighted by atomic mass is 16.5. The molecule has 2 aromatic rings. The van der Waals surface area contributed by atoms with Gasteiger partial charge in [-0.05, 0) is 18.9 Å². The molecular weight excluding hydrogens is 130 g/mol. The molecule has 4 heteroatoms. The van der Waals surface area contributed by atoms with Gasteiger partial charge in [-0.2, -0.15) is 4.98 Å². The number of rotatable bonds is 1. The molecule has 0 aliphatic carbocycles. The molecule has 0 bridgehead atoms. The molecule has 0 aliphatic rings. The van der Waals surface area contributed by atoms with Crippen molar-refractivity contribution >= 4 is 18.2 Å². The summed E-state index contributed by atoms with van der Waals surface area (Å²) in [5.74, 6) is 0.674.